The lowest BCUT2D eigenvalue weighted by Gasteiger charge is -2.04. The average Bonchev–Trinajstić information content (AvgIpc) is 1.88. The summed E-state index contributed by atoms with van der Waals surface area (Å²) in [5, 5.41) is 0. The Hall–Kier alpha value is -0.630. The van der Waals surface area contributed by atoms with Crippen molar-refractivity contribution in [1.29, 1.82) is 0 Å². The van der Waals surface area contributed by atoms with Gasteiger partial charge in [-0.1, -0.05) is 13.0 Å². The Morgan fingerprint density at radius 3 is 2.80 bits per heavy atom. The second-order valence-electron chi connectivity index (χ2n) is 2.58. The van der Waals surface area contributed by atoms with E-state index in [1.54, 1.807) is 6.08 Å². The van der Waals surface area contributed by atoms with Crippen molar-refractivity contribution in [2.24, 2.45) is 11.7 Å². The van der Waals surface area contributed by atoms with E-state index in [1.165, 1.54) is 0 Å². The zero-order valence-corrected chi connectivity index (χ0v) is 6.47. The molecule has 0 aromatic heterocycles. The van der Waals surface area contributed by atoms with Crippen LogP contribution < -0.4 is 5.73 Å². The minimum absolute atomic E-state index is 0.230. The maximum absolute atomic E-state index is 10.9. The predicted molar refractivity (Wildman–Crippen MR) is 42.7 cm³/mol. The Labute approximate surface area is 62.1 Å². The molecule has 0 rings (SSSR count). The van der Waals surface area contributed by atoms with Crippen LogP contribution in [0.4, 0.5) is 0 Å². The smallest absolute Gasteiger partial charge is 0.136 e. The van der Waals surface area contributed by atoms with Crippen molar-refractivity contribution in [3.63, 3.8) is 0 Å². The number of hydrogen-bond donors (Lipinski definition) is 1. The second-order valence-corrected chi connectivity index (χ2v) is 2.58. The fourth-order valence-corrected chi connectivity index (χ4v) is 0.716. The molecule has 0 aromatic rings. The van der Waals surface area contributed by atoms with Crippen molar-refractivity contribution < 1.29 is 4.79 Å². The van der Waals surface area contributed by atoms with Crippen molar-refractivity contribution >= 4 is 5.78 Å². The highest BCUT2D eigenvalue weighted by atomic mass is 16.1. The number of allylic oxidation sites excluding steroid dienone is 1. The van der Waals surface area contributed by atoms with Crippen LogP contribution in [-0.4, -0.2) is 12.3 Å². The third-order valence-corrected chi connectivity index (χ3v) is 1.35. The molecule has 0 aliphatic rings. The zero-order chi connectivity index (χ0) is 7.98. The molecule has 0 aliphatic carbocycles. The van der Waals surface area contributed by atoms with Crippen LogP contribution in [0, 0.1) is 5.92 Å². The zero-order valence-electron chi connectivity index (χ0n) is 6.47. The molecule has 0 radical (unpaired) electrons. The van der Waals surface area contributed by atoms with Gasteiger partial charge in [-0.15, -0.1) is 6.58 Å². The molecule has 0 aliphatic heterocycles. The molecule has 2 heteroatoms. The van der Waals surface area contributed by atoms with E-state index in [-0.39, 0.29) is 5.78 Å². The molecule has 0 saturated carbocycles. The Bertz CT molecular complexity index is 120. The van der Waals surface area contributed by atoms with E-state index >= 15 is 0 Å². The van der Waals surface area contributed by atoms with E-state index in [0.29, 0.717) is 25.3 Å². The summed E-state index contributed by atoms with van der Waals surface area (Å²) in [6.45, 7) is 6.04. The third-order valence-electron chi connectivity index (χ3n) is 1.35. The summed E-state index contributed by atoms with van der Waals surface area (Å²) in [5.74, 6) is 0.542. The molecular weight excluding hydrogens is 126 g/mol. The van der Waals surface area contributed by atoms with Gasteiger partial charge in [0.2, 0.25) is 0 Å². The van der Waals surface area contributed by atoms with Crippen molar-refractivity contribution in [1.82, 2.24) is 0 Å². The van der Waals surface area contributed by atoms with E-state index in [2.05, 4.69) is 6.58 Å². The third kappa shape index (κ3) is 4.27. The van der Waals surface area contributed by atoms with E-state index in [9.17, 15) is 4.79 Å². The van der Waals surface area contributed by atoms with Gasteiger partial charge in [-0.25, -0.2) is 0 Å². The van der Waals surface area contributed by atoms with Crippen LogP contribution >= 0.6 is 0 Å². The first-order chi connectivity index (χ1) is 4.70. The first kappa shape index (κ1) is 9.37. The van der Waals surface area contributed by atoms with E-state index in [4.69, 9.17) is 5.73 Å². The van der Waals surface area contributed by atoms with Gasteiger partial charge in [-0.3, -0.25) is 4.79 Å². The molecular formula is C8H15NO. The first-order valence-corrected chi connectivity index (χ1v) is 3.53. The SMILES string of the molecule is C=CCC(=O)CC(C)CN. The highest BCUT2D eigenvalue weighted by molar-refractivity contribution is 5.79. The highest BCUT2D eigenvalue weighted by Gasteiger charge is 2.04. The van der Waals surface area contributed by atoms with Gasteiger partial charge in [0.15, 0.2) is 0 Å². The molecule has 0 bridgehead atoms. The molecule has 0 amide bonds. The van der Waals surface area contributed by atoms with Crippen LogP contribution in [0.1, 0.15) is 19.8 Å². The standard InChI is InChI=1S/C8H15NO/c1-3-4-8(10)5-7(2)6-9/h3,7H,1,4-6,9H2,2H3. The number of hydrogen-bond acceptors (Lipinski definition) is 2. The van der Waals surface area contributed by atoms with E-state index in [1.807, 2.05) is 6.92 Å². The maximum Gasteiger partial charge on any atom is 0.136 e. The van der Waals surface area contributed by atoms with Gasteiger partial charge in [0.25, 0.3) is 0 Å². The molecule has 10 heavy (non-hydrogen) atoms. The minimum atomic E-state index is 0.230. The van der Waals surface area contributed by atoms with Gasteiger partial charge in [0, 0.05) is 12.8 Å². The summed E-state index contributed by atoms with van der Waals surface area (Å²) in [6.07, 6.45) is 2.69. The van der Waals surface area contributed by atoms with Gasteiger partial charge < -0.3 is 5.73 Å². The van der Waals surface area contributed by atoms with Crippen LogP contribution in [-0.2, 0) is 4.79 Å². The average molecular weight is 141 g/mol. The summed E-state index contributed by atoms with van der Waals surface area (Å²) >= 11 is 0. The minimum Gasteiger partial charge on any atom is -0.330 e. The summed E-state index contributed by atoms with van der Waals surface area (Å²) in [4.78, 5) is 10.9. The largest absolute Gasteiger partial charge is 0.330 e. The molecule has 2 N–H and O–H groups in total. The van der Waals surface area contributed by atoms with Gasteiger partial charge in [0.05, 0.1) is 0 Å². The van der Waals surface area contributed by atoms with Crippen molar-refractivity contribution in [2.75, 3.05) is 6.54 Å². The van der Waals surface area contributed by atoms with Gasteiger partial charge in [-0.2, -0.15) is 0 Å². The first-order valence-electron chi connectivity index (χ1n) is 3.53. The molecule has 1 atom stereocenters. The Morgan fingerprint density at radius 1 is 1.80 bits per heavy atom. The number of ketones is 1. The number of carbonyl (C=O) groups excluding carboxylic acids is 1. The normalized spacial score (nSPS) is 12.6. The van der Waals surface area contributed by atoms with Crippen LogP contribution in [0.3, 0.4) is 0 Å². The van der Waals surface area contributed by atoms with Crippen molar-refractivity contribution in [3.05, 3.63) is 12.7 Å². The van der Waals surface area contributed by atoms with Crippen LogP contribution in [0.2, 0.25) is 0 Å². The van der Waals surface area contributed by atoms with Crippen molar-refractivity contribution in [3.8, 4) is 0 Å². The molecule has 0 saturated heterocycles. The van der Waals surface area contributed by atoms with E-state index < -0.39 is 0 Å². The Morgan fingerprint density at radius 2 is 2.40 bits per heavy atom. The number of Topliss-reactive ketones (excluding diaryl/α,β-unsaturated/α-hetero) is 1. The molecule has 0 aromatic carbocycles. The summed E-state index contributed by atoms with van der Waals surface area (Å²) in [6, 6.07) is 0. The lowest BCUT2D eigenvalue weighted by Crippen LogP contribution is -2.14. The Balaban J connectivity index is 3.46. The molecule has 0 heterocycles. The van der Waals surface area contributed by atoms with Crippen LogP contribution in [0.5, 0.6) is 0 Å². The molecule has 0 spiro atoms. The quantitative estimate of drug-likeness (QED) is 0.583. The number of carbonyl (C=O) groups is 1. The van der Waals surface area contributed by atoms with Crippen molar-refractivity contribution in [2.45, 2.75) is 19.8 Å². The lowest BCUT2D eigenvalue weighted by molar-refractivity contribution is -0.118. The molecule has 1 unspecified atom stereocenters. The molecule has 2 nitrogen and oxygen atoms in total. The van der Waals surface area contributed by atoms with Gasteiger partial charge in [-0.05, 0) is 12.5 Å². The fourth-order valence-electron chi connectivity index (χ4n) is 0.716. The van der Waals surface area contributed by atoms with Gasteiger partial charge in [0.1, 0.15) is 5.78 Å². The molecule has 58 valence electrons. The summed E-state index contributed by atoms with van der Waals surface area (Å²) < 4.78 is 0. The van der Waals surface area contributed by atoms with Crippen LogP contribution in [0.25, 0.3) is 0 Å². The summed E-state index contributed by atoms with van der Waals surface area (Å²) in [7, 11) is 0. The Kier molecular flexibility index (Phi) is 4.85. The topological polar surface area (TPSA) is 43.1 Å². The summed E-state index contributed by atoms with van der Waals surface area (Å²) in [5.41, 5.74) is 5.34. The predicted octanol–water partition coefficient (Wildman–Crippen LogP) is 1.12. The second kappa shape index (κ2) is 5.18. The van der Waals surface area contributed by atoms with Gasteiger partial charge >= 0.3 is 0 Å². The van der Waals surface area contributed by atoms with Crippen LogP contribution in [0.15, 0.2) is 12.7 Å². The lowest BCUT2D eigenvalue weighted by atomic mass is 10.0. The maximum atomic E-state index is 10.9. The number of rotatable bonds is 5. The number of nitrogens with two attached hydrogens (primary N) is 1. The highest BCUT2D eigenvalue weighted by Crippen LogP contribution is 2.01. The van der Waals surface area contributed by atoms with E-state index in [0.717, 1.165) is 0 Å². The fraction of sp³-hybridized carbons (Fsp3) is 0.625. The molecule has 0 fully saturated rings. The monoisotopic (exact) mass is 141 g/mol.